The molecule has 176 valence electrons. The molecule has 4 rings (SSSR count). The average Bonchev–Trinajstić information content (AvgIpc) is 3.47. The van der Waals surface area contributed by atoms with Gasteiger partial charge in [0, 0.05) is 31.5 Å². The Labute approximate surface area is 196 Å². The number of fused-ring (bicyclic) bond motifs is 1. The topological polar surface area (TPSA) is 72.9 Å². The summed E-state index contributed by atoms with van der Waals surface area (Å²) in [5, 5.41) is 13.0. The molecule has 1 saturated carbocycles. The number of carbonyl (C=O) groups excluding carboxylic acids is 2. The number of carbonyl (C=O) groups is 2. The van der Waals surface area contributed by atoms with Gasteiger partial charge in [-0.3, -0.25) is 9.59 Å². The maximum absolute atomic E-state index is 13.3. The molecule has 0 radical (unpaired) electrons. The summed E-state index contributed by atoms with van der Waals surface area (Å²) in [6.45, 7) is 8.81. The molecule has 2 aliphatic rings. The first kappa shape index (κ1) is 23.1. The molecular formula is C27H35N3O3. The SMILES string of the molecule is Cc1cc(C2(C(=O)Nc3ccc4c(c3)CC(C(C)(C)C)N4CC(=O)N(C)C)CC2)ccc1O. The molecule has 0 spiro atoms. The molecule has 1 heterocycles. The van der Waals surface area contributed by atoms with Crippen LogP contribution < -0.4 is 10.2 Å². The van der Waals surface area contributed by atoms with Gasteiger partial charge in [0.2, 0.25) is 11.8 Å². The quantitative estimate of drug-likeness (QED) is 0.716. The second-order valence-electron chi connectivity index (χ2n) is 10.9. The van der Waals surface area contributed by atoms with Gasteiger partial charge in [-0.05, 0) is 72.6 Å². The maximum atomic E-state index is 13.3. The van der Waals surface area contributed by atoms with Crippen molar-refractivity contribution >= 4 is 23.2 Å². The molecule has 1 aliphatic heterocycles. The molecule has 2 aromatic rings. The molecule has 1 fully saturated rings. The minimum absolute atomic E-state index is 0.00227. The van der Waals surface area contributed by atoms with Gasteiger partial charge in [0.25, 0.3) is 0 Å². The van der Waals surface area contributed by atoms with Gasteiger partial charge in [0.15, 0.2) is 0 Å². The summed E-state index contributed by atoms with van der Waals surface area (Å²) < 4.78 is 0. The zero-order chi connectivity index (χ0) is 24.1. The minimum Gasteiger partial charge on any atom is -0.508 e. The van der Waals surface area contributed by atoms with Gasteiger partial charge >= 0.3 is 0 Å². The fourth-order valence-electron chi connectivity index (χ4n) is 4.83. The molecule has 0 aromatic heterocycles. The highest BCUT2D eigenvalue weighted by molar-refractivity contribution is 6.01. The van der Waals surface area contributed by atoms with E-state index in [0.717, 1.165) is 47.3 Å². The molecular weight excluding hydrogens is 414 g/mol. The Morgan fingerprint density at radius 3 is 2.42 bits per heavy atom. The van der Waals surface area contributed by atoms with E-state index in [-0.39, 0.29) is 29.0 Å². The number of phenols is 1. The number of aromatic hydroxyl groups is 1. The van der Waals surface area contributed by atoms with E-state index < -0.39 is 5.41 Å². The van der Waals surface area contributed by atoms with Crippen LogP contribution >= 0.6 is 0 Å². The van der Waals surface area contributed by atoms with Gasteiger partial charge in [0.1, 0.15) is 5.75 Å². The van der Waals surface area contributed by atoms with Crippen LogP contribution in [0, 0.1) is 12.3 Å². The van der Waals surface area contributed by atoms with Gasteiger partial charge in [-0.25, -0.2) is 0 Å². The van der Waals surface area contributed by atoms with Crippen LogP contribution in [-0.4, -0.2) is 48.5 Å². The first-order valence-electron chi connectivity index (χ1n) is 11.6. The monoisotopic (exact) mass is 449 g/mol. The number of hydrogen-bond donors (Lipinski definition) is 2. The summed E-state index contributed by atoms with van der Waals surface area (Å²) in [7, 11) is 3.57. The summed E-state index contributed by atoms with van der Waals surface area (Å²) in [5.74, 6) is 0.325. The van der Waals surface area contributed by atoms with E-state index in [1.807, 2.05) is 31.2 Å². The molecule has 0 bridgehead atoms. The number of nitrogens with zero attached hydrogens (tertiary/aromatic N) is 2. The standard InChI is InChI=1S/C27H35N3O3/c1-17-13-19(7-10-22(17)31)27(11-12-27)25(33)28-20-8-9-21-18(14-20)15-23(26(2,3)4)30(21)16-24(32)29(5)6/h7-10,13-14,23,31H,11-12,15-16H2,1-6H3,(H,28,33). The van der Waals surface area contributed by atoms with Crippen LogP contribution in [0.15, 0.2) is 36.4 Å². The van der Waals surface area contributed by atoms with Gasteiger partial charge in [-0.1, -0.05) is 32.9 Å². The van der Waals surface area contributed by atoms with Crippen LogP contribution in [-0.2, 0) is 21.4 Å². The van der Waals surface area contributed by atoms with Crippen molar-refractivity contribution in [1.29, 1.82) is 0 Å². The molecule has 0 saturated heterocycles. The Morgan fingerprint density at radius 2 is 1.85 bits per heavy atom. The molecule has 6 nitrogen and oxygen atoms in total. The van der Waals surface area contributed by atoms with Gasteiger partial charge in [-0.15, -0.1) is 0 Å². The average molecular weight is 450 g/mol. The highest BCUT2D eigenvalue weighted by Crippen LogP contribution is 2.50. The Bertz CT molecular complexity index is 1100. The molecule has 1 aliphatic carbocycles. The molecule has 2 N–H and O–H groups in total. The van der Waals surface area contributed by atoms with Crippen LogP contribution in [0.4, 0.5) is 11.4 Å². The van der Waals surface area contributed by atoms with Crippen LogP contribution in [0.25, 0.3) is 0 Å². The van der Waals surface area contributed by atoms with Crippen molar-refractivity contribution in [1.82, 2.24) is 4.90 Å². The van der Waals surface area contributed by atoms with Crippen molar-refractivity contribution < 1.29 is 14.7 Å². The lowest BCUT2D eigenvalue weighted by Gasteiger charge is -2.37. The predicted molar refractivity (Wildman–Crippen MR) is 132 cm³/mol. The van der Waals surface area contributed by atoms with Crippen molar-refractivity contribution in [2.45, 2.75) is 58.4 Å². The summed E-state index contributed by atoms with van der Waals surface area (Å²) in [6, 6.07) is 11.7. The van der Waals surface area contributed by atoms with E-state index >= 15 is 0 Å². The first-order valence-corrected chi connectivity index (χ1v) is 11.6. The Kier molecular flexibility index (Phi) is 5.67. The second kappa shape index (κ2) is 8.08. The summed E-state index contributed by atoms with van der Waals surface area (Å²) >= 11 is 0. The zero-order valence-corrected chi connectivity index (χ0v) is 20.5. The lowest BCUT2D eigenvalue weighted by molar-refractivity contribution is -0.127. The fraction of sp³-hybridized carbons (Fsp3) is 0.481. The van der Waals surface area contributed by atoms with Gasteiger partial charge in [-0.2, -0.15) is 0 Å². The van der Waals surface area contributed by atoms with Crippen LogP contribution in [0.2, 0.25) is 0 Å². The number of nitrogens with one attached hydrogen (secondary N) is 1. The third-order valence-electron chi connectivity index (χ3n) is 7.17. The van der Waals surface area contributed by atoms with Crippen LogP contribution in [0.3, 0.4) is 0 Å². The predicted octanol–water partition coefficient (Wildman–Crippen LogP) is 4.24. The van der Waals surface area contributed by atoms with E-state index in [1.165, 1.54) is 0 Å². The summed E-state index contributed by atoms with van der Waals surface area (Å²) in [5.41, 5.74) is 4.23. The van der Waals surface area contributed by atoms with Crippen molar-refractivity contribution in [2.24, 2.45) is 5.41 Å². The summed E-state index contributed by atoms with van der Waals surface area (Å²) in [4.78, 5) is 29.6. The second-order valence-corrected chi connectivity index (χ2v) is 10.9. The number of hydrogen-bond acceptors (Lipinski definition) is 4. The smallest absolute Gasteiger partial charge is 0.241 e. The molecule has 1 unspecified atom stereocenters. The van der Waals surface area contributed by atoms with Gasteiger partial charge in [0.05, 0.1) is 12.0 Å². The van der Waals surface area contributed by atoms with Crippen LogP contribution in [0.5, 0.6) is 5.75 Å². The third-order valence-corrected chi connectivity index (χ3v) is 7.17. The largest absolute Gasteiger partial charge is 0.508 e. The van der Waals surface area contributed by atoms with Crippen molar-refractivity contribution in [3.05, 3.63) is 53.1 Å². The highest BCUT2D eigenvalue weighted by Gasteiger charge is 2.51. The van der Waals surface area contributed by atoms with E-state index in [0.29, 0.717) is 6.54 Å². The third kappa shape index (κ3) is 4.31. The number of likely N-dealkylation sites (N-methyl/N-ethyl adjacent to an activating group) is 1. The Hall–Kier alpha value is -3.02. The Balaban J connectivity index is 1.57. The number of aryl methyl sites for hydroxylation is 1. The maximum Gasteiger partial charge on any atom is 0.241 e. The Morgan fingerprint density at radius 1 is 1.15 bits per heavy atom. The normalized spacial score (nSPS) is 18.6. The molecule has 1 atom stereocenters. The lowest BCUT2D eigenvalue weighted by atomic mass is 9.84. The molecule has 6 heteroatoms. The highest BCUT2D eigenvalue weighted by atomic mass is 16.3. The molecule has 2 amide bonds. The van der Waals surface area contributed by atoms with E-state index in [9.17, 15) is 14.7 Å². The molecule has 33 heavy (non-hydrogen) atoms. The minimum atomic E-state index is -0.518. The van der Waals surface area contributed by atoms with Gasteiger partial charge < -0.3 is 20.2 Å². The van der Waals surface area contributed by atoms with Crippen molar-refractivity contribution in [2.75, 3.05) is 30.9 Å². The number of phenolic OH excluding ortho intramolecular Hbond substituents is 1. The lowest BCUT2D eigenvalue weighted by Crippen LogP contribution is -2.46. The fourth-order valence-corrected chi connectivity index (χ4v) is 4.83. The van der Waals surface area contributed by atoms with Crippen molar-refractivity contribution in [3.63, 3.8) is 0 Å². The van der Waals surface area contributed by atoms with E-state index in [1.54, 1.807) is 25.1 Å². The number of benzene rings is 2. The van der Waals surface area contributed by atoms with E-state index in [2.05, 4.69) is 37.1 Å². The molecule has 2 aromatic carbocycles. The van der Waals surface area contributed by atoms with E-state index in [4.69, 9.17) is 0 Å². The number of anilines is 2. The van der Waals surface area contributed by atoms with Crippen molar-refractivity contribution in [3.8, 4) is 5.75 Å². The number of amides is 2. The zero-order valence-electron chi connectivity index (χ0n) is 20.5. The van der Waals surface area contributed by atoms with Crippen LogP contribution in [0.1, 0.15) is 50.3 Å². The number of rotatable bonds is 5. The first-order chi connectivity index (χ1) is 15.4. The summed E-state index contributed by atoms with van der Waals surface area (Å²) in [6.07, 6.45) is 2.45.